The van der Waals surface area contributed by atoms with Crippen molar-refractivity contribution in [2.75, 3.05) is 19.0 Å². The number of thiazole rings is 1. The van der Waals surface area contributed by atoms with E-state index in [0.29, 0.717) is 10.0 Å². The normalized spacial score (nSPS) is 12.2. The second-order valence-corrected chi connectivity index (χ2v) is 6.80. The lowest BCUT2D eigenvalue weighted by Crippen LogP contribution is -2.07. The SMILES string of the molecule is CN(C)c1ccc(-c2csc(C(O)c3cccc(Cl)c3)n2)cc1. The van der Waals surface area contributed by atoms with Crippen LogP contribution in [0.25, 0.3) is 11.3 Å². The zero-order chi connectivity index (χ0) is 16.4. The van der Waals surface area contributed by atoms with Crippen molar-refractivity contribution in [1.29, 1.82) is 0 Å². The summed E-state index contributed by atoms with van der Waals surface area (Å²) in [7, 11) is 4.02. The van der Waals surface area contributed by atoms with Crippen molar-refractivity contribution in [2.24, 2.45) is 0 Å². The predicted molar refractivity (Wildman–Crippen MR) is 97.4 cm³/mol. The smallest absolute Gasteiger partial charge is 0.131 e. The van der Waals surface area contributed by atoms with Crippen LogP contribution in [0.4, 0.5) is 5.69 Å². The van der Waals surface area contributed by atoms with E-state index in [1.807, 2.05) is 43.7 Å². The maximum Gasteiger partial charge on any atom is 0.131 e. The Hall–Kier alpha value is -1.88. The Morgan fingerprint density at radius 3 is 2.52 bits per heavy atom. The van der Waals surface area contributed by atoms with Crippen LogP contribution in [0.5, 0.6) is 0 Å². The van der Waals surface area contributed by atoms with Crippen LogP contribution in [0.15, 0.2) is 53.9 Å². The lowest BCUT2D eigenvalue weighted by atomic mass is 10.1. The van der Waals surface area contributed by atoms with Gasteiger partial charge in [0.05, 0.1) is 5.69 Å². The molecular weight excluding hydrogens is 328 g/mol. The predicted octanol–water partition coefficient (Wildman–Crippen LogP) is 4.61. The highest BCUT2D eigenvalue weighted by Gasteiger charge is 2.15. The van der Waals surface area contributed by atoms with Crippen LogP contribution in [0, 0.1) is 0 Å². The Labute approximate surface area is 144 Å². The van der Waals surface area contributed by atoms with Gasteiger partial charge in [-0.3, -0.25) is 0 Å². The van der Waals surface area contributed by atoms with Gasteiger partial charge in [-0.15, -0.1) is 11.3 Å². The number of hydrogen-bond donors (Lipinski definition) is 1. The van der Waals surface area contributed by atoms with Crippen molar-refractivity contribution in [3.8, 4) is 11.3 Å². The molecule has 0 aliphatic rings. The van der Waals surface area contributed by atoms with E-state index in [4.69, 9.17) is 11.6 Å². The first kappa shape index (κ1) is 16.0. The fourth-order valence-electron chi connectivity index (χ4n) is 2.30. The first-order chi connectivity index (χ1) is 11.0. The van der Waals surface area contributed by atoms with Gasteiger partial charge in [0.25, 0.3) is 0 Å². The topological polar surface area (TPSA) is 36.4 Å². The molecule has 0 spiro atoms. The third-order valence-corrected chi connectivity index (χ3v) is 4.73. The van der Waals surface area contributed by atoms with Crippen LogP contribution in [0.2, 0.25) is 5.02 Å². The fourth-order valence-corrected chi connectivity index (χ4v) is 3.33. The Morgan fingerprint density at radius 2 is 1.87 bits per heavy atom. The summed E-state index contributed by atoms with van der Waals surface area (Å²) in [6, 6.07) is 15.4. The van der Waals surface area contributed by atoms with Crippen LogP contribution in [-0.4, -0.2) is 24.2 Å². The quantitative estimate of drug-likeness (QED) is 0.750. The van der Waals surface area contributed by atoms with Gasteiger partial charge in [-0.2, -0.15) is 0 Å². The molecule has 2 aromatic carbocycles. The van der Waals surface area contributed by atoms with Crippen LogP contribution in [0.1, 0.15) is 16.7 Å². The number of anilines is 1. The summed E-state index contributed by atoms with van der Waals surface area (Å²) in [5.41, 5.74) is 3.80. The molecule has 5 heteroatoms. The van der Waals surface area contributed by atoms with Crippen LogP contribution >= 0.6 is 22.9 Å². The minimum Gasteiger partial charge on any atom is -0.381 e. The number of nitrogens with zero attached hydrogens (tertiary/aromatic N) is 2. The largest absolute Gasteiger partial charge is 0.381 e. The molecule has 3 rings (SSSR count). The lowest BCUT2D eigenvalue weighted by molar-refractivity contribution is 0.220. The van der Waals surface area contributed by atoms with E-state index in [1.54, 1.807) is 12.1 Å². The first-order valence-corrected chi connectivity index (χ1v) is 8.47. The highest BCUT2D eigenvalue weighted by atomic mass is 35.5. The number of aliphatic hydroxyl groups excluding tert-OH is 1. The molecule has 0 saturated heterocycles. The number of aromatic nitrogens is 1. The maximum atomic E-state index is 10.5. The van der Waals surface area contributed by atoms with E-state index < -0.39 is 6.10 Å². The van der Waals surface area contributed by atoms with E-state index in [9.17, 15) is 5.11 Å². The van der Waals surface area contributed by atoms with Crippen molar-refractivity contribution in [3.63, 3.8) is 0 Å². The number of aliphatic hydroxyl groups is 1. The summed E-state index contributed by atoms with van der Waals surface area (Å²) in [4.78, 5) is 6.63. The molecular formula is C18H17ClN2OS. The van der Waals surface area contributed by atoms with E-state index in [2.05, 4.69) is 22.0 Å². The molecule has 0 aliphatic carbocycles. The van der Waals surface area contributed by atoms with Crippen molar-refractivity contribution >= 4 is 28.6 Å². The van der Waals surface area contributed by atoms with Gasteiger partial charge < -0.3 is 10.0 Å². The van der Waals surface area contributed by atoms with Gasteiger partial charge in [0.2, 0.25) is 0 Å². The Bertz CT molecular complexity index is 799. The molecule has 0 fully saturated rings. The van der Waals surface area contributed by atoms with E-state index in [1.165, 1.54) is 11.3 Å². The van der Waals surface area contributed by atoms with E-state index in [0.717, 1.165) is 22.5 Å². The summed E-state index contributed by atoms with van der Waals surface area (Å²) < 4.78 is 0. The average Bonchev–Trinajstić information content (AvgIpc) is 3.04. The fraction of sp³-hybridized carbons (Fsp3) is 0.167. The number of halogens is 1. The van der Waals surface area contributed by atoms with Crippen molar-refractivity contribution in [2.45, 2.75) is 6.10 Å². The monoisotopic (exact) mass is 344 g/mol. The molecule has 0 bridgehead atoms. The second kappa shape index (κ2) is 6.71. The molecule has 1 atom stereocenters. The van der Waals surface area contributed by atoms with Gasteiger partial charge in [0.15, 0.2) is 0 Å². The summed E-state index contributed by atoms with van der Waals surface area (Å²) in [6.07, 6.45) is -0.756. The molecule has 1 heterocycles. The van der Waals surface area contributed by atoms with E-state index >= 15 is 0 Å². The Morgan fingerprint density at radius 1 is 1.13 bits per heavy atom. The zero-order valence-electron chi connectivity index (χ0n) is 12.9. The molecule has 3 aromatic rings. The maximum absolute atomic E-state index is 10.5. The third kappa shape index (κ3) is 3.55. The summed E-state index contributed by atoms with van der Waals surface area (Å²) in [6.45, 7) is 0. The minimum absolute atomic E-state index is 0.609. The number of hydrogen-bond acceptors (Lipinski definition) is 4. The molecule has 0 aliphatic heterocycles. The van der Waals surface area contributed by atoms with E-state index in [-0.39, 0.29) is 0 Å². The van der Waals surface area contributed by atoms with Crippen LogP contribution < -0.4 is 4.90 Å². The summed E-state index contributed by atoms with van der Waals surface area (Å²) in [5.74, 6) is 0. The second-order valence-electron chi connectivity index (χ2n) is 5.47. The molecule has 1 unspecified atom stereocenters. The highest BCUT2D eigenvalue weighted by Crippen LogP contribution is 2.30. The van der Waals surface area contributed by atoms with Crippen molar-refractivity contribution < 1.29 is 5.11 Å². The van der Waals surface area contributed by atoms with Crippen molar-refractivity contribution in [3.05, 3.63) is 69.5 Å². The van der Waals surface area contributed by atoms with Gasteiger partial charge in [-0.05, 0) is 29.8 Å². The summed E-state index contributed by atoms with van der Waals surface area (Å²) in [5, 5.41) is 13.7. The Balaban J connectivity index is 1.85. The van der Waals surface area contributed by atoms with Gasteiger partial charge >= 0.3 is 0 Å². The molecule has 0 amide bonds. The first-order valence-electron chi connectivity index (χ1n) is 7.21. The minimum atomic E-state index is -0.756. The summed E-state index contributed by atoms with van der Waals surface area (Å²) >= 11 is 7.43. The zero-order valence-corrected chi connectivity index (χ0v) is 14.5. The molecule has 0 radical (unpaired) electrons. The average molecular weight is 345 g/mol. The highest BCUT2D eigenvalue weighted by molar-refractivity contribution is 7.10. The number of rotatable bonds is 4. The molecule has 3 nitrogen and oxygen atoms in total. The van der Waals surface area contributed by atoms with Gasteiger partial charge in [0.1, 0.15) is 11.1 Å². The standard InChI is InChI=1S/C18H17ClN2OS/c1-21(2)15-8-6-12(7-9-15)16-11-23-18(20-16)17(22)13-4-3-5-14(19)10-13/h3-11,17,22H,1-2H3. The van der Waals surface area contributed by atoms with Gasteiger partial charge in [-0.25, -0.2) is 4.98 Å². The van der Waals surface area contributed by atoms with Gasteiger partial charge in [-0.1, -0.05) is 35.9 Å². The molecule has 1 aromatic heterocycles. The molecule has 23 heavy (non-hydrogen) atoms. The van der Waals surface area contributed by atoms with Gasteiger partial charge in [0, 0.05) is 35.7 Å². The lowest BCUT2D eigenvalue weighted by Gasteiger charge is -2.12. The van der Waals surface area contributed by atoms with Crippen LogP contribution in [0.3, 0.4) is 0 Å². The number of benzene rings is 2. The molecule has 0 saturated carbocycles. The Kier molecular flexibility index (Phi) is 4.66. The van der Waals surface area contributed by atoms with Crippen LogP contribution in [-0.2, 0) is 0 Å². The molecule has 118 valence electrons. The molecule has 1 N–H and O–H groups in total. The van der Waals surface area contributed by atoms with Crippen molar-refractivity contribution in [1.82, 2.24) is 4.98 Å². The third-order valence-electron chi connectivity index (χ3n) is 3.60.